The van der Waals surface area contributed by atoms with E-state index in [2.05, 4.69) is 21.3 Å². The highest BCUT2D eigenvalue weighted by atomic mass is 35.5. The highest BCUT2D eigenvalue weighted by molar-refractivity contribution is 6.30. The Labute approximate surface area is 167 Å². The lowest BCUT2D eigenvalue weighted by Crippen LogP contribution is -2.42. The highest BCUT2D eigenvalue weighted by Gasteiger charge is 2.45. The summed E-state index contributed by atoms with van der Waals surface area (Å²) in [5, 5.41) is 17.2. The summed E-state index contributed by atoms with van der Waals surface area (Å²) in [5.41, 5.74) is 8.60. The molecule has 4 rings (SSSR count). The van der Waals surface area contributed by atoms with Gasteiger partial charge in [0.05, 0.1) is 17.6 Å². The lowest BCUT2D eigenvalue weighted by molar-refractivity contribution is -0.118. The van der Waals surface area contributed by atoms with Gasteiger partial charge in [-0.1, -0.05) is 37.6 Å². The Morgan fingerprint density at radius 1 is 1.39 bits per heavy atom. The van der Waals surface area contributed by atoms with Gasteiger partial charge in [0.25, 0.3) is 0 Å². The third kappa shape index (κ3) is 2.86. The van der Waals surface area contributed by atoms with Crippen molar-refractivity contribution in [2.45, 2.75) is 32.6 Å². The Bertz CT molecular complexity index is 1060. The van der Waals surface area contributed by atoms with Gasteiger partial charge in [-0.25, -0.2) is 5.10 Å². The fraction of sp³-hybridized carbons (Fsp3) is 0.300. The van der Waals surface area contributed by atoms with Crippen LogP contribution in [0.2, 0.25) is 5.02 Å². The first kappa shape index (κ1) is 18.3. The van der Waals surface area contributed by atoms with E-state index in [1.165, 1.54) is 6.33 Å². The maximum Gasteiger partial charge on any atom is 0.231 e. The molecule has 2 heterocycles. The van der Waals surface area contributed by atoms with Crippen LogP contribution in [-0.2, 0) is 4.79 Å². The topological polar surface area (TPSA) is 112 Å². The summed E-state index contributed by atoms with van der Waals surface area (Å²) in [6.07, 6.45) is 2.38. The molecule has 1 atom stereocenters. The van der Waals surface area contributed by atoms with Crippen molar-refractivity contribution >= 4 is 23.3 Å². The third-order valence-corrected chi connectivity index (χ3v) is 5.41. The number of H-pyrrole nitrogens is 1. The fourth-order valence-corrected chi connectivity index (χ4v) is 4.28. The van der Waals surface area contributed by atoms with E-state index in [0.717, 1.165) is 11.3 Å². The number of aromatic amines is 1. The van der Waals surface area contributed by atoms with Crippen LogP contribution in [0.1, 0.15) is 38.2 Å². The monoisotopic (exact) mass is 394 g/mol. The van der Waals surface area contributed by atoms with Gasteiger partial charge >= 0.3 is 0 Å². The normalized spacial score (nSPS) is 21.6. The number of nitrogens with one attached hydrogen (secondary N) is 1. The average molecular weight is 395 g/mol. The number of allylic oxidation sites excluding steroid dienone is 3. The zero-order valence-electron chi connectivity index (χ0n) is 15.5. The minimum atomic E-state index is -0.554. The second-order valence-electron chi connectivity index (χ2n) is 7.84. The Morgan fingerprint density at radius 2 is 2.18 bits per heavy atom. The average Bonchev–Trinajstić information content (AvgIpc) is 3.13. The zero-order valence-corrected chi connectivity index (χ0v) is 16.3. The molecule has 1 aliphatic carbocycles. The lowest BCUT2D eigenvalue weighted by Gasteiger charge is -2.42. The van der Waals surface area contributed by atoms with Gasteiger partial charge in [-0.15, -0.1) is 0 Å². The van der Waals surface area contributed by atoms with Crippen molar-refractivity contribution in [2.24, 2.45) is 11.1 Å². The molecule has 3 N–H and O–H groups in total. The first-order valence-corrected chi connectivity index (χ1v) is 9.27. The predicted molar refractivity (Wildman–Crippen MR) is 105 cm³/mol. The van der Waals surface area contributed by atoms with Crippen molar-refractivity contribution in [1.29, 1.82) is 5.26 Å². The largest absolute Gasteiger partial charge is 0.384 e. The highest BCUT2D eigenvalue weighted by Crippen LogP contribution is 2.49. The summed E-state index contributed by atoms with van der Waals surface area (Å²) in [6, 6.07) is 9.42. The number of halogens is 1. The summed E-state index contributed by atoms with van der Waals surface area (Å²) < 4.78 is 0. The molecule has 8 heteroatoms. The van der Waals surface area contributed by atoms with Crippen LogP contribution in [0, 0.1) is 16.7 Å². The molecule has 0 amide bonds. The summed E-state index contributed by atoms with van der Waals surface area (Å²) >= 11 is 6.19. The van der Waals surface area contributed by atoms with Crippen molar-refractivity contribution in [3.63, 3.8) is 0 Å². The van der Waals surface area contributed by atoms with Crippen LogP contribution in [-0.4, -0.2) is 21.0 Å². The van der Waals surface area contributed by atoms with E-state index in [-0.39, 0.29) is 17.0 Å². The molecule has 0 saturated carbocycles. The quantitative estimate of drug-likeness (QED) is 0.807. The van der Waals surface area contributed by atoms with Gasteiger partial charge < -0.3 is 5.73 Å². The Kier molecular flexibility index (Phi) is 4.24. The number of nitrogens with zero attached hydrogens (tertiary/aromatic N) is 4. The number of hydrogen-bond acceptors (Lipinski definition) is 6. The van der Waals surface area contributed by atoms with Gasteiger partial charge in [0.15, 0.2) is 5.78 Å². The van der Waals surface area contributed by atoms with Crippen molar-refractivity contribution in [2.75, 3.05) is 4.90 Å². The molecule has 1 aliphatic heterocycles. The second kappa shape index (κ2) is 6.50. The van der Waals surface area contributed by atoms with E-state index in [9.17, 15) is 10.1 Å². The number of carbonyl (C=O) groups is 1. The molecule has 7 nitrogen and oxygen atoms in total. The first-order valence-electron chi connectivity index (χ1n) is 8.89. The van der Waals surface area contributed by atoms with Crippen molar-refractivity contribution in [3.05, 3.63) is 63.8 Å². The molecular formula is C20H19ClN6O. The number of aromatic nitrogens is 3. The second-order valence-corrected chi connectivity index (χ2v) is 8.28. The summed E-state index contributed by atoms with van der Waals surface area (Å²) in [4.78, 5) is 19.1. The van der Waals surface area contributed by atoms with E-state index >= 15 is 0 Å². The molecule has 0 saturated heterocycles. The van der Waals surface area contributed by atoms with Crippen LogP contribution in [0.5, 0.6) is 0 Å². The van der Waals surface area contributed by atoms with Crippen molar-refractivity contribution in [1.82, 2.24) is 15.2 Å². The smallest absolute Gasteiger partial charge is 0.231 e. The molecule has 0 spiro atoms. The van der Waals surface area contributed by atoms with Crippen LogP contribution >= 0.6 is 11.6 Å². The maximum atomic E-state index is 13.3. The van der Waals surface area contributed by atoms with Gasteiger partial charge in [0.2, 0.25) is 5.95 Å². The molecule has 1 aromatic heterocycles. The summed E-state index contributed by atoms with van der Waals surface area (Å²) in [5.74, 6) is 0.0729. The summed E-state index contributed by atoms with van der Waals surface area (Å²) in [7, 11) is 0. The van der Waals surface area contributed by atoms with Crippen LogP contribution in [0.3, 0.4) is 0 Å². The van der Waals surface area contributed by atoms with Crippen LogP contribution in [0.4, 0.5) is 5.95 Å². The maximum absolute atomic E-state index is 13.3. The molecule has 1 unspecified atom stereocenters. The fourth-order valence-electron chi connectivity index (χ4n) is 4.08. The predicted octanol–water partition coefficient (Wildman–Crippen LogP) is 3.40. The van der Waals surface area contributed by atoms with E-state index < -0.39 is 5.92 Å². The van der Waals surface area contributed by atoms with Crippen molar-refractivity contribution < 1.29 is 4.79 Å². The number of hydrogen-bond donors (Lipinski definition) is 2. The van der Waals surface area contributed by atoms with Crippen molar-refractivity contribution in [3.8, 4) is 6.07 Å². The van der Waals surface area contributed by atoms with E-state index in [1.54, 1.807) is 17.0 Å². The molecule has 1 aromatic carbocycles. The molecular weight excluding hydrogens is 376 g/mol. The molecule has 2 aromatic rings. The number of Topliss-reactive ketones (excluding diaryl/α,β-unsaturated/α-hetero) is 1. The van der Waals surface area contributed by atoms with Gasteiger partial charge in [0.1, 0.15) is 12.1 Å². The number of ketones is 1. The molecule has 0 fully saturated rings. The molecule has 0 radical (unpaired) electrons. The van der Waals surface area contributed by atoms with Crippen LogP contribution in [0.25, 0.3) is 0 Å². The van der Waals surface area contributed by atoms with Gasteiger partial charge in [-0.3, -0.25) is 9.69 Å². The first-order chi connectivity index (χ1) is 13.3. The molecule has 0 bridgehead atoms. The van der Waals surface area contributed by atoms with E-state index in [4.69, 9.17) is 17.3 Å². The number of nitriles is 1. The number of nitrogens with two attached hydrogens (primary N) is 1. The Hall–Kier alpha value is -3.11. The van der Waals surface area contributed by atoms with Gasteiger partial charge in [-0.2, -0.15) is 15.3 Å². The minimum Gasteiger partial charge on any atom is -0.384 e. The standard InChI is InChI=1S/C20H19ClN6O/c1-20(2)7-14-17(15(28)8-20)16(11-4-3-5-12(21)6-11)13(9-22)18(23)27(14)19-24-10-25-26-19/h3-6,10,16H,7-8,23H2,1-2H3,(H,24,25,26). The number of rotatable bonds is 2. The molecule has 28 heavy (non-hydrogen) atoms. The number of benzene rings is 1. The third-order valence-electron chi connectivity index (χ3n) is 5.18. The number of carbonyl (C=O) groups excluding carboxylic acids is 1. The van der Waals surface area contributed by atoms with Gasteiger partial charge in [-0.05, 0) is 29.5 Å². The number of anilines is 1. The lowest BCUT2D eigenvalue weighted by atomic mass is 9.68. The van der Waals surface area contributed by atoms with E-state index in [0.29, 0.717) is 35.0 Å². The zero-order chi connectivity index (χ0) is 20.1. The summed E-state index contributed by atoms with van der Waals surface area (Å²) in [6.45, 7) is 4.09. The molecule has 2 aliphatic rings. The van der Waals surface area contributed by atoms with Crippen LogP contribution in [0.15, 0.2) is 53.3 Å². The SMILES string of the molecule is CC1(C)CC(=O)C2=C(C1)N(c1ncn[nH]1)C(N)=C(C#N)C2c1cccc(Cl)c1. The Morgan fingerprint density at radius 3 is 2.82 bits per heavy atom. The molecule has 142 valence electrons. The van der Waals surface area contributed by atoms with E-state index in [1.807, 2.05) is 26.0 Å². The van der Waals surface area contributed by atoms with Crippen LogP contribution < -0.4 is 10.6 Å². The van der Waals surface area contributed by atoms with Gasteiger partial charge in [0, 0.05) is 22.7 Å². The minimum absolute atomic E-state index is 0.000917. The Balaban J connectivity index is 2.00.